The molecule has 0 aliphatic rings. The Morgan fingerprint density at radius 1 is 1.26 bits per heavy atom. The zero-order valence-electron chi connectivity index (χ0n) is 12.1. The number of amides is 1. The van der Waals surface area contributed by atoms with E-state index in [9.17, 15) is 24.4 Å². The number of aliphatic hydroxyl groups is 1. The third-order valence-corrected chi connectivity index (χ3v) is 3.22. The minimum absolute atomic E-state index is 0.0588. The molecule has 0 bridgehead atoms. The Morgan fingerprint density at radius 3 is 2.70 bits per heavy atom. The van der Waals surface area contributed by atoms with Crippen molar-refractivity contribution in [1.29, 1.82) is 0 Å². The minimum atomic E-state index is -1.11. The summed E-state index contributed by atoms with van der Waals surface area (Å²) in [4.78, 5) is 22.0. The Balaban J connectivity index is 1.90. The van der Waals surface area contributed by atoms with Gasteiger partial charge in [0.25, 0.3) is 5.69 Å². The molecule has 120 valence electrons. The van der Waals surface area contributed by atoms with E-state index in [2.05, 4.69) is 5.32 Å². The summed E-state index contributed by atoms with van der Waals surface area (Å²) in [6.45, 7) is 0.108. The number of halogens is 1. The van der Waals surface area contributed by atoms with E-state index in [1.165, 1.54) is 42.5 Å². The number of aliphatic hydroxyl groups excluding tert-OH is 1. The second-order valence-electron chi connectivity index (χ2n) is 4.98. The normalized spacial score (nSPS) is 11.7. The first-order chi connectivity index (χ1) is 11.0. The Kier molecular flexibility index (Phi) is 5.37. The molecule has 0 fully saturated rings. The van der Waals surface area contributed by atoms with Crippen molar-refractivity contribution in [3.63, 3.8) is 0 Å². The van der Waals surface area contributed by atoms with Gasteiger partial charge in [0.05, 0.1) is 17.4 Å². The number of nitrogens with zero attached hydrogens (tertiary/aromatic N) is 1. The molecule has 0 aliphatic carbocycles. The van der Waals surface area contributed by atoms with E-state index in [4.69, 9.17) is 0 Å². The lowest BCUT2D eigenvalue weighted by molar-refractivity contribution is -0.384. The molecule has 0 aromatic heterocycles. The van der Waals surface area contributed by atoms with E-state index >= 15 is 0 Å². The number of non-ortho nitro benzene ring substituents is 1. The predicted molar refractivity (Wildman–Crippen MR) is 80.9 cm³/mol. The van der Waals surface area contributed by atoms with Gasteiger partial charge in [0, 0.05) is 18.7 Å². The predicted octanol–water partition coefficient (Wildman–Crippen LogP) is 2.47. The van der Waals surface area contributed by atoms with Crippen molar-refractivity contribution in [3.05, 3.63) is 75.6 Å². The Labute approximate surface area is 131 Å². The van der Waals surface area contributed by atoms with Crippen molar-refractivity contribution in [1.82, 2.24) is 5.32 Å². The Hall–Kier alpha value is -2.80. The van der Waals surface area contributed by atoms with Crippen molar-refractivity contribution in [3.8, 4) is 0 Å². The molecule has 0 aliphatic heterocycles. The lowest BCUT2D eigenvalue weighted by Gasteiger charge is -2.11. The molecule has 0 saturated carbocycles. The summed E-state index contributed by atoms with van der Waals surface area (Å²) >= 11 is 0. The topological polar surface area (TPSA) is 92.5 Å². The highest BCUT2D eigenvalue weighted by Crippen LogP contribution is 2.17. The van der Waals surface area contributed by atoms with Crippen LogP contribution in [0.3, 0.4) is 0 Å². The summed E-state index contributed by atoms with van der Waals surface area (Å²) in [5.41, 5.74) is 0.833. The van der Waals surface area contributed by atoms with Crippen LogP contribution in [-0.4, -0.2) is 15.9 Å². The van der Waals surface area contributed by atoms with Crippen LogP contribution in [0.1, 0.15) is 23.7 Å². The summed E-state index contributed by atoms with van der Waals surface area (Å²) in [5.74, 6) is -0.924. The van der Waals surface area contributed by atoms with E-state index in [0.29, 0.717) is 11.1 Å². The lowest BCUT2D eigenvalue weighted by Crippen LogP contribution is -2.24. The number of hydrogen-bond acceptors (Lipinski definition) is 4. The lowest BCUT2D eigenvalue weighted by atomic mass is 10.1. The van der Waals surface area contributed by atoms with Gasteiger partial charge < -0.3 is 10.4 Å². The average molecular weight is 318 g/mol. The molecule has 1 amide bonds. The third kappa shape index (κ3) is 4.86. The van der Waals surface area contributed by atoms with Crippen molar-refractivity contribution >= 4 is 11.6 Å². The molecule has 7 heteroatoms. The summed E-state index contributed by atoms with van der Waals surface area (Å²) in [6.07, 6.45) is -1.34. The van der Waals surface area contributed by atoms with Gasteiger partial charge >= 0.3 is 0 Å². The van der Waals surface area contributed by atoms with Crippen LogP contribution in [0, 0.1) is 15.9 Å². The third-order valence-electron chi connectivity index (χ3n) is 3.22. The molecule has 2 aromatic carbocycles. The van der Waals surface area contributed by atoms with Gasteiger partial charge in [-0.25, -0.2) is 4.39 Å². The molecular weight excluding hydrogens is 303 g/mol. The minimum Gasteiger partial charge on any atom is -0.388 e. The molecule has 2 rings (SSSR count). The molecule has 2 aromatic rings. The van der Waals surface area contributed by atoms with Crippen LogP contribution in [0.2, 0.25) is 0 Å². The van der Waals surface area contributed by atoms with Crippen LogP contribution in [0.5, 0.6) is 0 Å². The standard InChI is InChI=1S/C16H15FN2O4/c17-13-5-2-4-12(8-13)15(20)9-16(21)18-10-11-3-1-6-14(7-11)19(22)23/h1-8,15,20H,9-10H2,(H,18,21). The number of hydrogen-bond donors (Lipinski definition) is 2. The van der Waals surface area contributed by atoms with Gasteiger partial charge in [-0.15, -0.1) is 0 Å². The maximum atomic E-state index is 13.1. The molecule has 6 nitrogen and oxygen atoms in total. The SMILES string of the molecule is O=C(CC(O)c1cccc(F)c1)NCc1cccc([N+](=O)[O-])c1. The first kappa shape index (κ1) is 16.6. The molecule has 0 heterocycles. The fourth-order valence-electron chi connectivity index (χ4n) is 2.06. The summed E-state index contributed by atoms with van der Waals surface area (Å²) in [7, 11) is 0. The van der Waals surface area contributed by atoms with Crippen LogP contribution in [0.25, 0.3) is 0 Å². The van der Waals surface area contributed by atoms with E-state index in [1.54, 1.807) is 6.07 Å². The van der Waals surface area contributed by atoms with E-state index in [1.807, 2.05) is 0 Å². The van der Waals surface area contributed by atoms with Gasteiger partial charge in [0.2, 0.25) is 5.91 Å². The molecular formula is C16H15FN2O4. The monoisotopic (exact) mass is 318 g/mol. The van der Waals surface area contributed by atoms with Crippen LogP contribution in [0.4, 0.5) is 10.1 Å². The smallest absolute Gasteiger partial charge is 0.269 e. The number of carbonyl (C=O) groups excluding carboxylic acids is 1. The van der Waals surface area contributed by atoms with E-state index in [0.717, 1.165) is 0 Å². The maximum absolute atomic E-state index is 13.1. The first-order valence-electron chi connectivity index (χ1n) is 6.89. The van der Waals surface area contributed by atoms with Gasteiger partial charge in [0.15, 0.2) is 0 Å². The molecule has 1 atom stereocenters. The van der Waals surface area contributed by atoms with Crippen molar-refractivity contribution in [2.24, 2.45) is 0 Å². The number of rotatable bonds is 6. The van der Waals surface area contributed by atoms with Crippen LogP contribution in [-0.2, 0) is 11.3 Å². The van der Waals surface area contributed by atoms with Gasteiger partial charge in [-0.3, -0.25) is 14.9 Å². The van der Waals surface area contributed by atoms with Crippen LogP contribution < -0.4 is 5.32 Å². The summed E-state index contributed by atoms with van der Waals surface area (Å²) in [6, 6.07) is 11.3. The number of nitrogens with one attached hydrogen (secondary N) is 1. The van der Waals surface area contributed by atoms with Crippen molar-refractivity contribution < 1.29 is 19.2 Å². The van der Waals surface area contributed by atoms with Crippen LogP contribution >= 0.6 is 0 Å². The number of benzene rings is 2. The number of carbonyl (C=O) groups is 1. The first-order valence-corrected chi connectivity index (χ1v) is 6.89. The van der Waals surface area contributed by atoms with Gasteiger partial charge in [-0.05, 0) is 23.3 Å². The molecule has 0 saturated heterocycles. The van der Waals surface area contributed by atoms with Crippen molar-refractivity contribution in [2.75, 3.05) is 0 Å². The zero-order valence-corrected chi connectivity index (χ0v) is 12.1. The van der Waals surface area contributed by atoms with Gasteiger partial charge in [0.1, 0.15) is 5.82 Å². The van der Waals surface area contributed by atoms with Crippen LogP contribution in [0.15, 0.2) is 48.5 Å². The fourth-order valence-corrected chi connectivity index (χ4v) is 2.06. The molecule has 23 heavy (non-hydrogen) atoms. The molecule has 1 unspecified atom stereocenters. The number of nitro groups is 1. The summed E-state index contributed by atoms with van der Waals surface area (Å²) < 4.78 is 13.1. The number of nitro benzene ring substituents is 1. The highest BCUT2D eigenvalue weighted by molar-refractivity contribution is 5.76. The average Bonchev–Trinajstić information content (AvgIpc) is 2.53. The highest BCUT2D eigenvalue weighted by atomic mass is 19.1. The largest absolute Gasteiger partial charge is 0.388 e. The maximum Gasteiger partial charge on any atom is 0.269 e. The Bertz CT molecular complexity index is 721. The molecule has 0 radical (unpaired) electrons. The highest BCUT2D eigenvalue weighted by Gasteiger charge is 2.14. The molecule has 0 spiro atoms. The quantitative estimate of drug-likeness (QED) is 0.632. The van der Waals surface area contributed by atoms with E-state index < -0.39 is 22.8 Å². The van der Waals surface area contributed by atoms with Gasteiger partial charge in [-0.1, -0.05) is 24.3 Å². The Morgan fingerprint density at radius 2 is 2.00 bits per heavy atom. The zero-order chi connectivity index (χ0) is 16.8. The fraction of sp³-hybridized carbons (Fsp3) is 0.188. The van der Waals surface area contributed by atoms with Gasteiger partial charge in [-0.2, -0.15) is 0 Å². The van der Waals surface area contributed by atoms with Crippen molar-refractivity contribution in [2.45, 2.75) is 19.1 Å². The second-order valence-corrected chi connectivity index (χ2v) is 4.98. The van der Waals surface area contributed by atoms with E-state index in [-0.39, 0.29) is 18.7 Å². The summed E-state index contributed by atoms with van der Waals surface area (Å²) in [5, 5.41) is 23.2. The second kappa shape index (κ2) is 7.46. The molecule has 2 N–H and O–H groups in total.